The Morgan fingerprint density at radius 3 is 2.41 bits per heavy atom. The molecule has 0 radical (unpaired) electrons. The maximum absolute atomic E-state index is 11.0. The quantitative estimate of drug-likeness (QED) is 0.577. The molecular formula is C14H13NO2. The van der Waals surface area contributed by atoms with E-state index in [4.69, 9.17) is 0 Å². The summed E-state index contributed by atoms with van der Waals surface area (Å²) in [5.74, 6) is 0. The Bertz CT molecular complexity index is 576. The Labute approximate surface area is 99.9 Å². The lowest BCUT2D eigenvalue weighted by Gasteiger charge is -2.07. The van der Waals surface area contributed by atoms with Crippen LogP contribution in [0.3, 0.4) is 0 Å². The average Bonchev–Trinajstić information content (AvgIpc) is 2.28. The zero-order valence-electron chi connectivity index (χ0n) is 9.81. The van der Waals surface area contributed by atoms with Crippen LogP contribution in [0.1, 0.15) is 11.1 Å². The van der Waals surface area contributed by atoms with Crippen molar-refractivity contribution < 1.29 is 4.92 Å². The SMILES string of the molecule is Cc1cccc(-c2c(C)cccc2[N+](=O)[O-])c1. The van der Waals surface area contributed by atoms with Crippen molar-refractivity contribution in [3.8, 4) is 11.1 Å². The maximum atomic E-state index is 11.0. The Morgan fingerprint density at radius 1 is 1.06 bits per heavy atom. The van der Waals surface area contributed by atoms with E-state index in [9.17, 15) is 10.1 Å². The van der Waals surface area contributed by atoms with Crippen molar-refractivity contribution >= 4 is 5.69 Å². The molecule has 0 spiro atoms. The van der Waals surface area contributed by atoms with Gasteiger partial charge in [0.2, 0.25) is 0 Å². The summed E-state index contributed by atoms with van der Waals surface area (Å²) < 4.78 is 0. The maximum Gasteiger partial charge on any atom is 0.277 e. The van der Waals surface area contributed by atoms with Gasteiger partial charge in [-0.15, -0.1) is 0 Å². The molecule has 3 heteroatoms. The molecule has 0 saturated heterocycles. The van der Waals surface area contributed by atoms with Crippen LogP contribution in [0.15, 0.2) is 42.5 Å². The van der Waals surface area contributed by atoms with Gasteiger partial charge in [0.1, 0.15) is 0 Å². The molecule has 17 heavy (non-hydrogen) atoms. The summed E-state index contributed by atoms with van der Waals surface area (Å²) in [5, 5.41) is 11.0. The lowest BCUT2D eigenvalue weighted by molar-refractivity contribution is -0.384. The van der Waals surface area contributed by atoms with Gasteiger partial charge in [0, 0.05) is 6.07 Å². The first-order chi connectivity index (χ1) is 8.09. The first-order valence-corrected chi connectivity index (χ1v) is 5.40. The van der Waals surface area contributed by atoms with Gasteiger partial charge in [0.05, 0.1) is 10.5 Å². The molecule has 0 N–H and O–H groups in total. The third kappa shape index (κ3) is 2.18. The molecule has 2 aromatic rings. The smallest absolute Gasteiger partial charge is 0.258 e. The Kier molecular flexibility index (Phi) is 2.91. The largest absolute Gasteiger partial charge is 0.277 e. The fraction of sp³-hybridized carbons (Fsp3) is 0.143. The molecule has 0 bridgehead atoms. The lowest BCUT2D eigenvalue weighted by atomic mass is 9.97. The standard InChI is InChI=1S/C14H13NO2/c1-10-5-3-7-12(9-10)14-11(2)6-4-8-13(14)15(16)17/h3-9H,1-2H3. The highest BCUT2D eigenvalue weighted by Gasteiger charge is 2.16. The van der Waals surface area contributed by atoms with Gasteiger partial charge in [0.15, 0.2) is 0 Å². The molecule has 0 aromatic heterocycles. The fourth-order valence-electron chi connectivity index (χ4n) is 1.98. The molecule has 3 nitrogen and oxygen atoms in total. The minimum absolute atomic E-state index is 0.163. The van der Waals surface area contributed by atoms with E-state index in [0.717, 1.165) is 16.7 Å². The number of hydrogen-bond donors (Lipinski definition) is 0. The second kappa shape index (κ2) is 4.37. The van der Waals surface area contributed by atoms with Crippen LogP contribution in [0.25, 0.3) is 11.1 Å². The van der Waals surface area contributed by atoms with Crippen molar-refractivity contribution in [1.82, 2.24) is 0 Å². The fourth-order valence-corrected chi connectivity index (χ4v) is 1.98. The zero-order valence-corrected chi connectivity index (χ0v) is 9.81. The number of nitrogens with zero attached hydrogens (tertiary/aromatic N) is 1. The summed E-state index contributed by atoms with van der Waals surface area (Å²) in [6.45, 7) is 3.87. The predicted octanol–water partition coefficient (Wildman–Crippen LogP) is 3.88. The summed E-state index contributed by atoms with van der Waals surface area (Å²) >= 11 is 0. The summed E-state index contributed by atoms with van der Waals surface area (Å²) in [7, 11) is 0. The monoisotopic (exact) mass is 227 g/mol. The minimum Gasteiger partial charge on any atom is -0.258 e. The predicted molar refractivity (Wildman–Crippen MR) is 68.0 cm³/mol. The Balaban J connectivity index is 2.70. The van der Waals surface area contributed by atoms with Crippen LogP contribution in [0, 0.1) is 24.0 Å². The lowest BCUT2D eigenvalue weighted by Crippen LogP contribution is -1.94. The van der Waals surface area contributed by atoms with Crippen LogP contribution in [0.5, 0.6) is 0 Å². The second-order valence-electron chi connectivity index (χ2n) is 4.10. The Hall–Kier alpha value is -2.16. The molecule has 0 saturated carbocycles. The summed E-state index contributed by atoms with van der Waals surface area (Å²) in [6.07, 6.45) is 0. The number of nitro groups is 1. The Morgan fingerprint density at radius 2 is 1.76 bits per heavy atom. The van der Waals surface area contributed by atoms with Crippen molar-refractivity contribution in [2.75, 3.05) is 0 Å². The van der Waals surface area contributed by atoms with Crippen LogP contribution in [-0.2, 0) is 0 Å². The van der Waals surface area contributed by atoms with Crippen molar-refractivity contribution in [3.05, 3.63) is 63.7 Å². The molecule has 86 valence electrons. The number of aryl methyl sites for hydroxylation is 2. The van der Waals surface area contributed by atoms with Crippen LogP contribution >= 0.6 is 0 Å². The highest BCUT2D eigenvalue weighted by molar-refractivity contribution is 5.76. The molecule has 0 heterocycles. The third-order valence-corrected chi connectivity index (χ3v) is 2.75. The van der Waals surface area contributed by atoms with Crippen molar-refractivity contribution in [1.29, 1.82) is 0 Å². The van der Waals surface area contributed by atoms with Gasteiger partial charge in [-0.2, -0.15) is 0 Å². The van der Waals surface area contributed by atoms with E-state index in [-0.39, 0.29) is 10.6 Å². The number of benzene rings is 2. The van der Waals surface area contributed by atoms with Crippen molar-refractivity contribution in [2.45, 2.75) is 13.8 Å². The molecule has 0 amide bonds. The minimum atomic E-state index is -0.329. The van der Waals surface area contributed by atoms with Crippen molar-refractivity contribution in [2.24, 2.45) is 0 Å². The highest BCUT2D eigenvalue weighted by atomic mass is 16.6. The summed E-state index contributed by atoms with van der Waals surface area (Å²) in [5.41, 5.74) is 3.79. The van der Waals surface area contributed by atoms with Gasteiger partial charge < -0.3 is 0 Å². The molecule has 0 atom stereocenters. The van der Waals surface area contributed by atoms with E-state index in [1.54, 1.807) is 12.1 Å². The molecule has 0 aliphatic heterocycles. The first kappa shape index (κ1) is 11.3. The summed E-state index contributed by atoms with van der Waals surface area (Å²) in [6, 6.07) is 12.9. The van der Waals surface area contributed by atoms with Crippen molar-refractivity contribution in [3.63, 3.8) is 0 Å². The number of rotatable bonds is 2. The summed E-state index contributed by atoms with van der Waals surface area (Å²) in [4.78, 5) is 10.7. The van der Waals surface area contributed by atoms with Crippen LogP contribution in [-0.4, -0.2) is 4.92 Å². The average molecular weight is 227 g/mol. The van der Waals surface area contributed by atoms with E-state index >= 15 is 0 Å². The normalized spacial score (nSPS) is 10.2. The first-order valence-electron chi connectivity index (χ1n) is 5.40. The van der Waals surface area contributed by atoms with Crippen LogP contribution < -0.4 is 0 Å². The van der Waals surface area contributed by atoms with Gasteiger partial charge >= 0.3 is 0 Å². The van der Waals surface area contributed by atoms with E-state index < -0.39 is 0 Å². The number of hydrogen-bond acceptors (Lipinski definition) is 2. The number of nitro benzene ring substituents is 1. The van der Waals surface area contributed by atoms with Gasteiger partial charge in [0.25, 0.3) is 5.69 Å². The van der Waals surface area contributed by atoms with Gasteiger partial charge in [-0.3, -0.25) is 10.1 Å². The third-order valence-electron chi connectivity index (χ3n) is 2.75. The molecule has 2 aromatic carbocycles. The highest BCUT2D eigenvalue weighted by Crippen LogP contribution is 2.32. The van der Waals surface area contributed by atoms with Gasteiger partial charge in [-0.1, -0.05) is 42.0 Å². The zero-order chi connectivity index (χ0) is 12.4. The van der Waals surface area contributed by atoms with Crippen LogP contribution in [0.4, 0.5) is 5.69 Å². The molecule has 0 fully saturated rings. The second-order valence-corrected chi connectivity index (χ2v) is 4.10. The molecule has 0 unspecified atom stereocenters. The molecule has 0 aliphatic rings. The molecular weight excluding hydrogens is 214 g/mol. The topological polar surface area (TPSA) is 43.1 Å². The molecule has 0 aliphatic carbocycles. The molecule has 2 rings (SSSR count). The van der Waals surface area contributed by atoms with E-state index in [1.807, 2.05) is 44.2 Å². The van der Waals surface area contributed by atoms with Crippen LogP contribution in [0.2, 0.25) is 0 Å². The van der Waals surface area contributed by atoms with E-state index in [0.29, 0.717) is 5.56 Å². The van der Waals surface area contributed by atoms with Gasteiger partial charge in [-0.25, -0.2) is 0 Å². The van der Waals surface area contributed by atoms with E-state index in [2.05, 4.69) is 0 Å². The van der Waals surface area contributed by atoms with Gasteiger partial charge in [-0.05, 0) is 25.0 Å². The van der Waals surface area contributed by atoms with E-state index in [1.165, 1.54) is 0 Å².